The predicted molar refractivity (Wildman–Crippen MR) is 205 cm³/mol. The second-order valence-electron chi connectivity index (χ2n) is 13.2. The Kier molecular flexibility index (Phi) is 14.4. The highest BCUT2D eigenvalue weighted by molar-refractivity contribution is 7.99. The molecule has 4 N–H and O–H groups in total. The summed E-state index contributed by atoms with van der Waals surface area (Å²) in [7, 11) is 0. The molecule has 274 valence electrons. The van der Waals surface area contributed by atoms with Gasteiger partial charge in [-0.15, -0.1) is 11.8 Å². The number of aliphatic hydroxyl groups excluding tert-OH is 1. The van der Waals surface area contributed by atoms with E-state index in [9.17, 15) is 19.5 Å². The van der Waals surface area contributed by atoms with Crippen LogP contribution >= 0.6 is 11.8 Å². The molecule has 3 amide bonds. The summed E-state index contributed by atoms with van der Waals surface area (Å²) in [5, 5.41) is 18.3. The Balaban J connectivity index is 1.27. The number of nitrogens with one attached hydrogen (secondary N) is 3. The fraction of sp³-hybridized carbons (Fsp3) is 0.357. The lowest BCUT2D eigenvalue weighted by Gasteiger charge is -2.41. The molecule has 1 saturated heterocycles. The molecule has 4 unspecified atom stereocenters. The maximum atomic E-state index is 12.5. The summed E-state index contributed by atoms with van der Waals surface area (Å²) < 4.78 is 13.4. The van der Waals surface area contributed by atoms with Gasteiger partial charge in [-0.1, -0.05) is 74.0 Å². The van der Waals surface area contributed by atoms with E-state index in [1.54, 1.807) is 11.8 Å². The molecule has 0 saturated carbocycles. The number of carbonyl (C=O) groups is 3. The van der Waals surface area contributed by atoms with Crippen molar-refractivity contribution in [1.82, 2.24) is 10.6 Å². The first-order chi connectivity index (χ1) is 25.2. The first-order valence-corrected chi connectivity index (χ1v) is 18.9. The van der Waals surface area contributed by atoms with Gasteiger partial charge in [0.2, 0.25) is 17.7 Å². The Bertz CT molecular complexity index is 1780. The highest BCUT2D eigenvalue weighted by Crippen LogP contribution is 2.43. The van der Waals surface area contributed by atoms with Crippen molar-refractivity contribution in [2.24, 2.45) is 5.92 Å². The highest BCUT2D eigenvalue weighted by Gasteiger charge is 2.38. The van der Waals surface area contributed by atoms with Crippen LogP contribution in [0, 0.1) is 5.92 Å². The highest BCUT2D eigenvalue weighted by atomic mass is 32.2. The smallest absolute Gasteiger partial charge is 0.221 e. The largest absolute Gasteiger partial charge is 0.392 e. The monoisotopic (exact) mass is 723 g/mol. The zero-order chi connectivity index (χ0) is 36.9. The van der Waals surface area contributed by atoms with Crippen LogP contribution in [0.4, 0.5) is 5.69 Å². The SMILES string of the molecule is CC(=O)NCCCCCC(=O)NCc1cccc(-c2cccc(C3OC(CSc4ccc(NC(C)=O)cc4)C(C)C(c4ccc(CO)cc4)O3)c2)c1. The van der Waals surface area contributed by atoms with Gasteiger partial charge in [0.05, 0.1) is 18.8 Å². The van der Waals surface area contributed by atoms with Crippen molar-refractivity contribution in [2.75, 3.05) is 17.6 Å². The van der Waals surface area contributed by atoms with Crippen LogP contribution in [-0.2, 0) is 37.0 Å². The Labute approximate surface area is 310 Å². The molecule has 0 radical (unpaired) electrons. The fourth-order valence-corrected chi connectivity index (χ4v) is 7.26. The zero-order valence-electron chi connectivity index (χ0n) is 30.1. The maximum absolute atomic E-state index is 12.5. The minimum Gasteiger partial charge on any atom is -0.392 e. The summed E-state index contributed by atoms with van der Waals surface area (Å²) in [6.45, 7) is 6.22. The molecule has 0 bridgehead atoms. The summed E-state index contributed by atoms with van der Waals surface area (Å²) >= 11 is 1.71. The Morgan fingerprint density at radius 1 is 0.750 bits per heavy atom. The van der Waals surface area contributed by atoms with Gasteiger partial charge >= 0.3 is 0 Å². The number of thioether (sulfide) groups is 1. The fourth-order valence-electron chi connectivity index (χ4n) is 6.19. The molecule has 0 aliphatic carbocycles. The number of benzene rings is 4. The molecule has 1 aliphatic rings. The van der Waals surface area contributed by atoms with Gasteiger partial charge in [-0.25, -0.2) is 0 Å². The lowest BCUT2D eigenvalue weighted by Crippen LogP contribution is -2.38. The van der Waals surface area contributed by atoms with E-state index in [0.717, 1.165) is 63.2 Å². The van der Waals surface area contributed by atoms with E-state index in [1.165, 1.54) is 13.8 Å². The van der Waals surface area contributed by atoms with Crippen LogP contribution in [0.5, 0.6) is 0 Å². The first-order valence-electron chi connectivity index (χ1n) is 17.9. The van der Waals surface area contributed by atoms with Crippen molar-refractivity contribution in [3.8, 4) is 11.1 Å². The summed E-state index contributed by atoms with van der Waals surface area (Å²) in [6, 6.07) is 32.1. The van der Waals surface area contributed by atoms with Crippen molar-refractivity contribution in [1.29, 1.82) is 0 Å². The lowest BCUT2D eigenvalue weighted by molar-refractivity contribution is -0.268. The number of ether oxygens (including phenoxy) is 2. The second kappa shape index (κ2) is 19.4. The van der Waals surface area contributed by atoms with Gasteiger partial charge in [-0.05, 0) is 77.1 Å². The van der Waals surface area contributed by atoms with E-state index in [0.29, 0.717) is 25.3 Å². The normalized spacial score (nSPS) is 18.4. The molecular formula is C42H49N3O6S. The van der Waals surface area contributed by atoms with Gasteiger partial charge in [-0.3, -0.25) is 14.4 Å². The minimum atomic E-state index is -0.605. The Morgan fingerprint density at radius 3 is 2.19 bits per heavy atom. The molecule has 1 heterocycles. The maximum Gasteiger partial charge on any atom is 0.221 e. The van der Waals surface area contributed by atoms with Crippen molar-refractivity contribution in [2.45, 2.75) is 83.0 Å². The van der Waals surface area contributed by atoms with Gasteiger partial charge in [0, 0.05) is 61.2 Å². The van der Waals surface area contributed by atoms with Crippen LogP contribution in [0.25, 0.3) is 11.1 Å². The van der Waals surface area contributed by atoms with E-state index in [4.69, 9.17) is 9.47 Å². The molecule has 4 aromatic rings. The van der Waals surface area contributed by atoms with Crippen molar-refractivity contribution >= 4 is 35.2 Å². The number of rotatable bonds is 16. The van der Waals surface area contributed by atoms with Crippen LogP contribution in [0.1, 0.15) is 81.1 Å². The third-order valence-electron chi connectivity index (χ3n) is 9.08. The number of anilines is 1. The van der Waals surface area contributed by atoms with Crippen LogP contribution in [0.3, 0.4) is 0 Å². The van der Waals surface area contributed by atoms with E-state index < -0.39 is 6.29 Å². The average Bonchev–Trinajstić information content (AvgIpc) is 3.15. The minimum absolute atomic E-state index is 0.0167. The molecule has 10 heteroatoms. The topological polar surface area (TPSA) is 126 Å². The van der Waals surface area contributed by atoms with E-state index in [-0.39, 0.29) is 42.5 Å². The molecule has 1 aliphatic heterocycles. The summed E-state index contributed by atoms with van der Waals surface area (Å²) in [4.78, 5) is 36.0. The number of hydrogen-bond donors (Lipinski definition) is 4. The summed E-state index contributed by atoms with van der Waals surface area (Å²) in [5.41, 5.74) is 6.61. The molecular weight excluding hydrogens is 675 g/mol. The number of aliphatic hydroxyl groups is 1. The standard InChI is InChI=1S/C42H49N3O6S/c1-28-39(27-52-38-20-18-37(19-21-38)45-30(3)48)50-42(51-41(28)33-16-14-31(26-46)15-17-33)36-12-8-11-35(24-36)34-10-7-9-32(23-34)25-44-40(49)13-5-4-6-22-43-29(2)47/h7-12,14-21,23-24,28,39,41-42,46H,4-6,13,22,25-27H2,1-3H3,(H,43,47)(H,44,49)(H,45,48). The number of hydrogen-bond acceptors (Lipinski definition) is 7. The van der Waals surface area contributed by atoms with Crippen molar-refractivity contribution in [3.63, 3.8) is 0 Å². The molecule has 52 heavy (non-hydrogen) atoms. The predicted octanol–water partition coefficient (Wildman–Crippen LogP) is 7.70. The first kappa shape index (κ1) is 38.7. The van der Waals surface area contributed by atoms with Gasteiger partial charge in [0.15, 0.2) is 6.29 Å². The van der Waals surface area contributed by atoms with Crippen LogP contribution < -0.4 is 16.0 Å². The summed E-state index contributed by atoms with van der Waals surface area (Å²) in [6.07, 6.45) is 2.02. The average molecular weight is 724 g/mol. The lowest BCUT2D eigenvalue weighted by atomic mass is 9.91. The number of unbranched alkanes of at least 4 members (excludes halogenated alkanes) is 2. The molecule has 4 aromatic carbocycles. The van der Waals surface area contributed by atoms with Gasteiger partial charge < -0.3 is 30.5 Å². The third kappa shape index (κ3) is 11.5. The van der Waals surface area contributed by atoms with Crippen molar-refractivity contribution in [3.05, 3.63) is 119 Å². The van der Waals surface area contributed by atoms with Crippen LogP contribution in [-0.4, -0.2) is 41.2 Å². The third-order valence-corrected chi connectivity index (χ3v) is 10.2. The van der Waals surface area contributed by atoms with E-state index >= 15 is 0 Å². The quantitative estimate of drug-likeness (QED) is 0.0690. The van der Waals surface area contributed by atoms with E-state index in [1.807, 2.05) is 72.8 Å². The van der Waals surface area contributed by atoms with Crippen LogP contribution in [0.2, 0.25) is 0 Å². The summed E-state index contributed by atoms with van der Waals surface area (Å²) in [5.74, 6) is 0.630. The number of carbonyl (C=O) groups excluding carboxylic acids is 3. The van der Waals surface area contributed by atoms with Gasteiger partial charge in [0.25, 0.3) is 0 Å². The molecule has 5 rings (SSSR count). The van der Waals surface area contributed by atoms with Crippen molar-refractivity contribution < 1.29 is 29.0 Å². The Hall–Kier alpha value is -4.48. The van der Waals surface area contributed by atoms with Crippen LogP contribution in [0.15, 0.2) is 102 Å². The molecule has 4 atom stereocenters. The number of amides is 3. The molecule has 1 fully saturated rings. The zero-order valence-corrected chi connectivity index (χ0v) is 30.9. The second-order valence-corrected chi connectivity index (χ2v) is 14.3. The Morgan fingerprint density at radius 2 is 1.48 bits per heavy atom. The molecule has 0 aromatic heterocycles. The van der Waals surface area contributed by atoms with E-state index in [2.05, 4.69) is 47.1 Å². The van der Waals surface area contributed by atoms with Gasteiger partial charge in [0.1, 0.15) is 0 Å². The molecule has 0 spiro atoms. The van der Waals surface area contributed by atoms with Gasteiger partial charge in [-0.2, -0.15) is 0 Å². The molecule has 9 nitrogen and oxygen atoms in total.